The number of halogens is 2. The summed E-state index contributed by atoms with van der Waals surface area (Å²) < 4.78 is 14.6. The van der Waals surface area contributed by atoms with Gasteiger partial charge in [0.2, 0.25) is 0 Å². The second kappa shape index (κ2) is 5.33. The van der Waals surface area contributed by atoms with E-state index in [-0.39, 0.29) is 16.5 Å². The van der Waals surface area contributed by atoms with E-state index >= 15 is 0 Å². The fourth-order valence-corrected chi connectivity index (χ4v) is 2.65. The molecule has 0 aliphatic rings. The highest BCUT2D eigenvalue weighted by atomic mass is 35.5. The summed E-state index contributed by atoms with van der Waals surface area (Å²) >= 11 is 6.06. The second-order valence-corrected chi connectivity index (χ2v) is 5.03. The molecule has 0 spiro atoms. The van der Waals surface area contributed by atoms with Gasteiger partial charge in [-0.3, -0.25) is 9.36 Å². The number of nitrogens with zero attached hydrogens (tertiary/aromatic N) is 2. The van der Waals surface area contributed by atoms with Gasteiger partial charge >= 0.3 is 0 Å². The van der Waals surface area contributed by atoms with Crippen molar-refractivity contribution in [2.45, 2.75) is 6.32 Å². The van der Waals surface area contributed by atoms with E-state index in [4.69, 9.17) is 11.6 Å². The number of hydrogen-bond acceptors (Lipinski definition) is 2. The summed E-state index contributed by atoms with van der Waals surface area (Å²) in [5.41, 5.74) is 1.20. The second-order valence-electron chi connectivity index (χ2n) is 4.67. The molecule has 0 amide bonds. The molecule has 0 fully saturated rings. The van der Waals surface area contributed by atoms with E-state index < -0.39 is 0 Å². The minimum absolute atomic E-state index is 0.177. The summed E-state index contributed by atoms with van der Waals surface area (Å²) in [4.78, 5) is 16.7. The number of pyridine rings is 2. The molecular weight excluding hydrogens is 289 g/mol. The first-order valence-corrected chi connectivity index (χ1v) is 6.94. The predicted octanol–water partition coefficient (Wildman–Crippen LogP) is 2.31. The van der Waals surface area contributed by atoms with Crippen LogP contribution in [0, 0.1) is 5.82 Å². The molecule has 0 N–H and O–H groups in total. The summed E-state index contributed by atoms with van der Waals surface area (Å²) in [7, 11) is 1.96. The molecule has 0 atom stereocenters. The highest BCUT2D eigenvalue weighted by Crippen LogP contribution is 2.20. The molecule has 0 radical (unpaired) electrons. The number of aromatic nitrogens is 2. The number of hydrogen-bond donors (Lipinski definition) is 0. The summed E-state index contributed by atoms with van der Waals surface area (Å²) in [5.74, 6) is -0.342. The van der Waals surface area contributed by atoms with Crippen LogP contribution in [0.25, 0.3) is 16.5 Å². The quantitative estimate of drug-likeness (QED) is 0.538. The van der Waals surface area contributed by atoms with Crippen molar-refractivity contribution in [1.82, 2.24) is 9.55 Å². The first-order valence-electron chi connectivity index (χ1n) is 6.57. The molecule has 0 saturated heterocycles. The molecule has 0 saturated carbocycles. The van der Waals surface area contributed by atoms with Crippen LogP contribution in [0.3, 0.4) is 0 Å². The maximum atomic E-state index is 13.1. The zero-order chi connectivity index (χ0) is 15.0. The van der Waals surface area contributed by atoms with Crippen molar-refractivity contribution in [3.63, 3.8) is 0 Å². The van der Waals surface area contributed by atoms with Crippen LogP contribution < -0.4 is 5.56 Å². The Morgan fingerprint density at radius 1 is 1.24 bits per heavy atom. The Bertz CT molecular complexity index is 877. The Morgan fingerprint density at radius 2 is 1.95 bits per heavy atom. The van der Waals surface area contributed by atoms with Crippen molar-refractivity contribution in [2.24, 2.45) is 0 Å². The van der Waals surface area contributed by atoms with Gasteiger partial charge in [0, 0.05) is 17.6 Å². The van der Waals surface area contributed by atoms with Crippen LogP contribution in [-0.2, 0) is 6.32 Å². The lowest BCUT2D eigenvalue weighted by Crippen LogP contribution is -2.22. The van der Waals surface area contributed by atoms with Gasteiger partial charge in [0.05, 0.1) is 5.39 Å². The van der Waals surface area contributed by atoms with Gasteiger partial charge in [0.25, 0.3) is 5.56 Å². The number of fused-ring (bicyclic) bond motifs is 1. The third-order valence-electron chi connectivity index (χ3n) is 3.41. The third kappa shape index (κ3) is 2.34. The normalized spacial score (nSPS) is 11.0. The molecule has 104 valence electrons. The van der Waals surface area contributed by atoms with Gasteiger partial charge in [-0.25, -0.2) is 9.37 Å². The van der Waals surface area contributed by atoms with Gasteiger partial charge in [-0.2, -0.15) is 0 Å². The molecule has 3 rings (SSSR count). The van der Waals surface area contributed by atoms with Gasteiger partial charge in [-0.15, -0.1) is 0 Å². The minimum atomic E-state index is -0.342. The van der Waals surface area contributed by atoms with Crippen LogP contribution in [0.4, 0.5) is 4.39 Å². The average molecular weight is 301 g/mol. The van der Waals surface area contributed by atoms with E-state index in [2.05, 4.69) is 4.98 Å². The van der Waals surface area contributed by atoms with Gasteiger partial charge in [0.1, 0.15) is 18.8 Å². The Balaban J connectivity index is 2.41. The van der Waals surface area contributed by atoms with Crippen molar-refractivity contribution in [3.8, 4) is 5.69 Å². The van der Waals surface area contributed by atoms with Crippen LogP contribution in [0.15, 0.2) is 47.4 Å². The Labute approximate surface area is 126 Å². The molecule has 2 heterocycles. The van der Waals surface area contributed by atoms with Crippen LogP contribution in [0.5, 0.6) is 0 Å². The smallest absolute Gasteiger partial charge is 0.266 e. The molecule has 3 aromatic rings. The maximum Gasteiger partial charge on any atom is 0.266 e. The third-order valence-corrected chi connectivity index (χ3v) is 3.70. The van der Waals surface area contributed by atoms with E-state index in [0.717, 1.165) is 11.1 Å². The zero-order valence-electron chi connectivity index (χ0n) is 11.3. The van der Waals surface area contributed by atoms with E-state index in [0.29, 0.717) is 17.4 Å². The van der Waals surface area contributed by atoms with Crippen LogP contribution >= 0.6 is 11.6 Å². The summed E-state index contributed by atoms with van der Waals surface area (Å²) in [6.07, 6.45) is 2.24. The summed E-state index contributed by atoms with van der Waals surface area (Å²) in [5, 5.41) is 1.31. The zero-order valence-corrected chi connectivity index (χ0v) is 12.1. The summed E-state index contributed by atoms with van der Waals surface area (Å²) in [6.45, 7) is 0. The molecule has 1 aromatic carbocycles. The van der Waals surface area contributed by atoms with Crippen LogP contribution in [0.1, 0.15) is 5.69 Å². The molecule has 6 heteroatoms. The molecule has 21 heavy (non-hydrogen) atoms. The van der Waals surface area contributed by atoms with Crippen molar-refractivity contribution < 1.29 is 4.39 Å². The van der Waals surface area contributed by atoms with E-state index in [9.17, 15) is 9.18 Å². The van der Waals surface area contributed by atoms with Crippen molar-refractivity contribution in [1.29, 1.82) is 0 Å². The highest BCUT2D eigenvalue weighted by molar-refractivity contribution is 6.34. The summed E-state index contributed by atoms with van der Waals surface area (Å²) in [6, 6.07) is 9.48. The van der Waals surface area contributed by atoms with Crippen molar-refractivity contribution in [2.75, 3.05) is 0 Å². The molecule has 0 bridgehead atoms. The standard InChI is InChI=1S/C15H11BClFN2O/c16-8-12-7-9-5-6-19-14(17)13(9)15(21)20(12)11-3-1-10(18)2-4-11/h1-7H,8,16H2. The van der Waals surface area contributed by atoms with Gasteiger partial charge in [-0.05, 0) is 48.1 Å². The SMILES string of the molecule is BCc1cc2ccnc(Cl)c2c(=O)n1-c1ccc(F)cc1. The van der Waals surface area contributed by atoms with Crippen molar-refractivity contribution >= 4 is 30.2 Å². The molecule has 0 unspecified atom stereocenters. The van der Waals surface area contributed by atoms with Crippen LogP contribution in [-0.4, -0.2) is 17.4 Å². The first kappa shape index (κ1) is 13.8. The fraction of sp³-hybridized carbons (Fsp3) is 0.0667. The molecule has 2 aromatic heterocycles. The lowest BCUT2D eigenvalue weighted by atomic mass is 9.99. The maximum absolute atomic E-state index is 13.1. The Morgan fingerprint density at radius 3 is 2.62 bits per heavy atom. The lowest BCUT2D eigenvalue weighted by Gasteiger charge is -2.13. The largest absolute Gasteiger partial charge is 0.281 e. The molecule has 0 aliphatic carbocycles. The van der Waals surface area contributed by atoms with Gasteiger partial charge in [0.15, 0.2) is 0 Å². The molecule has 3 nitrogen and oxygen atoms in total. The first-order chi connectivity index (χ1) is 10.1. The lowest BCUT2D eigenvalue weighted by molar-refractivity contribution is 0.627. The Kier molecular flexibility index (Phi) is 3.51. The highest BCUT2D eigenvalue weighted by Gasteiger charge is 2.13. The van der Waals surface area contributed by atoms with E-state index in [1.807, 2.05) is 13.9 Å². The topological polar surface area (TPSA) is 34.9 Å². The van der Waals surface area contributed by atoms with E-state index in [1.54, 1.807) is 29.0 Å². The molecule has 0 aliphatic heterocycles. The Hall–Kier alpha value is -2.14. The predicted molar refractivity (Wildman–Crippen MR) is 84.6 cm³/mol. The van der Waals surface area contributed by atoms with E-state index in [1.165, 1.54) is 12.1 Å². The number of benzene rings is 1. The van der Waals surface area contributed by atoms with Crippen molar-refractivity contribution in [3.05, 3.63) is 69.6 Å². The van der Waals surface area contributed by atoms with Gasteiger partial charge < -0.3 is 0 Å². The fourth-order valence-electron chi connectivity index (χ4n) is 2.40. The van der Waals surface area contributed by atoms with Crippen LogP contribution in [0.2, 0.25) is 5.15 Å². The minimum Gasteiger partial charge on any atom is -0.281 e. The van der Waals surface area contributed by atoms with Gasteiger partial charge in [-0.1, -0.05) is 11.6 Å². The number of rotatable bonds is 2. The average Bonchev–Trinajstić information content (AvgIpc) is 2.48. The monoisotopic (exact) mass is 300 g/mol. The molecular formula is C15H11BClFN2O.